The van der Waals surface area contributed by atoms with E-state index < -0.39 is 23.5 Å². The molecule has 10 nitrogen and oxygen atoms in total. The van der Waals surface area contributed by atoms with E-state index in [4.69, 9.17) is 9.57 Å². The van der Waals surface area contributed by atoms with Crippen LogP contribution in [-0.4, -0.2) is 46.6 Å². The molecule has 1 spiro atoms. The van der Waals surface area contributed by atoms with Crippen molar-refractivity contribution in [2.45, 2.75) is 90.0 Å². The van der Waals surface area contributed by atoms with Gasteiger partial charge in [-0.2, -0.15) is 0 Å². The number of carbonyl (C=O) groups is 4. The van der Waals surface area contributed by atoms with Crippen LogP contribution in [0.4, 0.5) is 4.79 Å². The molecule has 4 amide bonds. The predicted molar refractivity (Wildman–Crippen MR) is 137 cm³/mol. The highest BCUT2D eigenvalue weighted by Gasteiger charge is 2.65. The summed E-state index contributed by atoms with van der Waals surface area (Å²) in [7, 11) is 0. The second kappa shape index (κ2) is 10.2. The summed E-state index contributed by atoms with van der Waals surface area (Å²) >= 11 is 0. The molecule has 3 atom stereocenters. The summed E-state index contributed by atoms with van der Waals surface area (Å²) in [5.74, 6) is -1.53. The standard InChI is InChI=1S/C28H38N4O6/c1-27(2,3)38-26(36)29-19-11-18(12-19)13-23(33)30-31-24(34)21-15-28(9-10-28)22-14-20(21)25(35)32(22)37-16-17-7-5-4-6-8-17/h4-8,18-22H,9-16H2,1-3H3,(H,29,36)(H,30,33)(H,31,34)/t18?,19?,20?,21?,22-/m1/s1. The molecule has 10 heteroatoms. The summed E-state index contributed by atoms with van der Waals surface area (Å²) in [6.45, 7) is 5.74. The number of rotatable bonds is 7. The Morgan fingerprint density at radius 3 is 2.42 bits per heavy atom. The van der Waals surface area contributed by atoms with Crippen LogP contribution < -0.4 is 16.2 Å². The first-order chi connectivity index (χ1) is 18.0. The Morgan fingerprint density at radius 1 is 1.05 bits per heavy atom. The lowest BCUT2D eigenvalue weighted by atomic mass is 9.72. The van der Waals surface area contributed by atoms with E-state index in [1.54, 1.807) is 0 Å². The van der Waals surface area contributed by atoms with E-state index in [0.29, 0.717) is 32.3 Å². The van der Waals surface area contributed by atoms with E-state index in [9.17, 15) is 19.2 Å². The maximum Gasteiger partial charge on any atom is 0.407 e. The molecule has 1 saturated heterocycles. The highest BCUT2D eigenvalue weighted by Crippen LogP contribution is 2.63. The number of carbonyl (C=O) groups excluding carboxylic acids is 4. The molecule has 4 fully saturated rings. The number of nitrogens with zero attached hydrogens (tertiary/aromatic N) is 1. The quantitative estimate of drug-likeness (QED) is 0.469. The molecule has 5 rings (SSSR count). The van der Waals surface area contributed by atoms with E-state index in [1.807, 2.05) is 51.1 Å². The third-order valence-corrected chi connectivity index (χ3v) is 8.31. The molecule has 0 radical (unpaired) electrons. The van der Waals surface area contributed by atoms with Gasteiger partial charge in [-0.25, -0.2) is 9.86 Å². The van der Waals surface area contributed by atoms with Gasteiger partial charge in [-0.05, 0) is 76.2 Å². The Labute approximate surface area is 223 Å². The first kappa shape index (κ1) is 26.5. The number of alkyl carbamates (subject to hydrolysis) is 1. The lowest BCUT2D eigenvalue weighted by Crippen LogP contribution is -2.50. The van der Waals surface area contributed by atoms with Crippen molar-refractivity contribution in [3.05, 3.63) is 35.9 Å². The van der Waals surface area contributed by atoms with Gasteiger partial charge in [0.05, 0.1) is 17.9 Å². The zero-order chi connectivity index (χ0) is 27.1. The second-order valence-electron chi connectivity index (χ2n) is 12.4. The van der Waals surface area contributed by atoms with Crippen molar-refractivity contribution in [3.63, 3.8) is 0 Å². The first-order valence-electron chi connectivity index (χ1n) is 13.6. The Balaban J connectivity index is 1.07. The summed E-state index contributed by atoms with van der Waals surface area (Å²) in [6.07, 6.45) is 4.34. The number of amides is 4. The predicted octanol–water partition coefficient (Wildman–Crippen LogP) is 2.98. The van der Waals surface area contributed by atoms with Gasteiger partial charge in [0.1, 0.15) is 12.2 Å². The maximum absolute atomic E-state index is 13.2. The van der Waals surface area contributed by atoms with Crippen LogP contribution in [0.5, 0.6) is 0 Å². The van der Waals surface area contributed by atoms with E-state index in [1.165, 1.54) is 5.06 Å². The highest BCUT2D eigenvalue weighted by atomic mass is 16.7. The molecule has 1 aromatic carbocycles. The highest BCUT2D eigenvalue weighted by molar-refractivity contribution is 5.91. The Kier molecular flexibility index (Phi) is 7.11. The fraction of sp³-hybridized carbons (Fsp3) is 0.643. The minimum atomic E-state index is -0.555. The molecule has 0 aromatic heterocycles. The number of ether oxygens (including phenoxy) is 1. The molecule has 1 aromatic rings. The number of hydrogen-bond donors (Lipinski definition) is 3. The molecule has 38 heavy (non-hydrogen) atoms. The van der Waals surface area contributed by atoms with Crippen molar-refractivity contribution in [1.82, 2.24) is 21.2 Å². The summed E-state index contributed by atoms with van der Waals surface area (Å²) in [5, 5.41) is 4.35. The van der Waals surface area contributed by atoms with Crippen LogP contribution in [-0.2, 0) is 30.6 Å². The summed E-state index contributed by atoms with van der Waals surface area (Å²) in [6, 6.07) is 9.71. The molecule has 206 valence electrons. The van der Waals surface area contributed by atoms with Crippen molar-refractivity contribution in [2.75, 3.05) is 0 Å². The molecule has 3 saturated carbocycles. The van der Waals surface area contributed by atoms with Crippen LogP contribution in [0.2, 0.25) is 0 Å². The Bertz CT molecular complexity index is 1080. The van der Waals surface area contributed by atoms with Gasteiger partial charge in [0.2, 0.25) is 17.7 Å². The zero-order valence-corrected chi connectivity index (χ0v) is 22.3. The zero-order valence-electron chi connectivity index (χ0n) is 22.3. The minimum absolute atomic E-state index is 0.00297. The SMILES string of the molecule is CC(C)(C)OC(=O)NC1CC(CC(=O)NNC(=O)C2CC3(CC3)[C@H]3CC2C(=O)N3OCc2ccccc2)C1. The topological polar surface area (TPSA) is 126 Å². The Hall–Kier alpha value is -3.14. The van der Waals surface area contributed by atoms with E-state index in [0.717, 1.165) is 18.4 Å². The van der Waals surface area contributed by atoms with Crippen LogP contribution in [0.25, 0.3) is 0 Å². The van der Waals surface area contributed by atoms with E-state index in [-0.39, 0.29) is 47.6 Å². The van der Waals surface area contributed by atoms with Gasteiger partial charge in [0, 0.05) is 12.5 Å². The van der Waals surface area contributed by atoms with Crippen molar-refractivity contribution in [1.29, 1.82) is 0 Å². The van der Waals surface area contributed by atoms with Gasteiger partial charge >= 0.3 is 6.09 Å². The van der Waals surface area contributed by atoms with Crippen LogP contribution in [0.1, 0.15) is 71.3 Å². The Morgan fingerprint density at radius 2 is 1.76 bits per heavy atom. The van der Waals surface area contributed by atoms with Crippen LogP contribution >= 0.6 is 0 Å². The van der Waals surface area contributed by atoms with Gasteiger partial charge in [0.15, 0.2) is 0 Å². The summed E-state index contributed by atoms with van der Waals surface area (Å²) in [5.41, 5.74) is 5.47. The number of fused-ring (bicyclic) bond motifs is 3. The van der Waals surface area contributed by atoms with Gasteiger partial charge in [-0.3, -0.25) is 30.1 Å². The van der Waals surface area contributed by atoms with Gasteiger partial charge in [0.25, 0.3) is 0 Å². The summed E-state index contributed by atoms with van der Waals surface area (Å²) < 4.78 is 5.26. The minimum Gasteiger partial charge on any atom is -0.444 e. The van der Waals surface area contributed by atoms with Crippen molar-refractivity contribution in [2.24, 2.45) is 23.2 Å². The molecule has 3 aliphatic carbocycles. The molecular weight excluding hydrogens is 488 g/mol. The summed E-state index contributed by atoms with van der Waals surface area (Å²) in [4.78, 5) is 56.7. The molecule has 1 aliphatic heterocycles. The fourth-order valence-corrected chi connectivity index (χ4v) is 6.18. The van der Waals surface area contributed by atoms with Crippen molar-refractivity contribution in [3.8, 4) is 0 Å². The fourth-order valence-electron chi connectivity index (χ4n) is 6.18. The lowest BCUT2D eigenvalue weighted by Gasteiger charge is -2.36. The van der Waals surface area contributed by atoms with Gasteiger partial charge < -0.3 is 10.1 Å². The molecule has 4 aliphatic rings. The average molecular weight is 527 g/mol. The number of hydrogen-bond acceptors (Lipinski definition) is 6. The molecule has 3 N–H and O–H groups in total. The molecule has 1 heterocycles. The molecular formula is C28H38N4O6. The lowest BCUT2D eigenvalue weighted by molar-refractivity contribution is -0.201. The van der Waals surface area contributed by atoms with Gasteiger partial charge in [-0.15, -0.1) is 0 Å². The third kappa shape index (κ3) is 5.80. The van der Waals surface area contributed by atoms with Gasteiger partial charge in [-0.1, -0.05) is 30.3 Å². The van der Waals surface area contributed by atoms with E-state index in [2.05, 4.69) is 16.2 Å². The second-order valence-corrected chi connectivity index (χ2v) is 12.4. The van der Waals surface area contributed by atoms with Crippen LogP contribution in [0, 0.1) is 23.2 Å². The smallest absolute Gasteiger partial charge is 0.407 e. The normalized spacial score (nSPS) is 28.9. The number of nitrogens with one attached hydrogen (secondary N) is 3. The number of hydroxylamine groups is 2. The third-order valence-electron chi connectivity index (χ3n) is 8.31. The monoisotopic (exact) mass is 526 g/mol. The number of hydrazine groups is 1. The molecule has 2 bridgehead atoms. The van der Waals surface area contributed by atoms with Crippen LogP contribution in [0.15, 0.2) is 30.3 Å². The van der Waals surface area contributed by atoms with E-state index >= 15 is 0 Å². The maximum atomic E-state index is 13.2. The first-order valence-corrected chi connectivity index (χ1v) is 13.6. The average Bonchev–Trinajstić information content (AvgIpc) is 3.54. The molecule has 2 unspecified atom stereocenters. The van der Waals surface area contributed by atoms with Crippen molar-refractivity contribution >= 4 is 23.8 Å². The number of benzene rings is 1. The largest absolute Gasteiger partial charge is 0.444 e. The van der Waals surface area contributed by atoms with Crippen molar-refractivity contribution < 1.29 is 28.8 Å². The van der Waals surface area contributed by atoms with Crippen LogP contribution in [0.3, 0.4) is 0 Å².